The number of halogens is 4. The molecule has 94 valence electrons. The van der Waals surface area contributed by atoms with Gasteiger partial charge in [0.2, 0.25) is 0 Å². The fourth-order valence-corrected chi connectivity index (χ4v) is 2.13. The van der Waals surface area contributed by atoms with Gasteiger partial charge in [0.15, 0.2) is 11.6 Å². The maximum absolute atomic E-state index is 13.0. The third-order valence-electron chi connectivity index (χ3n) is 2.40. The van der Waals surface area contributed by atoms with Gasteiger partial charge in [-0.25, -0.2) is 8.78 Å². The van der Waals surface area contributed by atoms with Gasteiger partial charge in [0, 0.05) is 27.2 Å². The van der Waals surface area contributed by atoms with Gasteiger partial charge in [-0.15, -0.1) is 0 Å². The summed E-state index contributed by atoms with van der Waals surface area (Å²) in [7, 11) is 0. The highest BCUT2D eigenvalue weighted by molar-refractivity contribution is 9.13. The van der Waals surface area contributed by atoms with Crippen LogP contribution in [0.25, 0.3) is 0 Å². The van der Waals surface area contributed by atoms with Gasteiger partial charge in [0.25, 0.3) is 0 Å². The summed E-state index contributed by atoms with van der Waals surface area (Å²) in [6.45, 7) is 0.539. The second-order valence-corrected chi connectivity index (χ2v) is 5.44. The Labute approximate surface area is 120 Å². The minimum atomic E-state index is -0.850. The highest BCUT2D eigenvalue weighted by Gasteiger charge is 2.03. The topological polar surface area (TPSA) is 12.0 Å². The normalized spacial score (nSPS) is 10.4. The molecule has 2 rings (SSSR count). The van der Waals surface area contributed by atoms with Crippen LogP contribution in [0.5, 0.6) is 0 Å². The second-order valence-electron chi connectivity index (χ2n) is 3.73. The summed E-state index contributed by atoms with van der Waals surface area (Å²) < 4.78 is 27.7. The lowest BCUT2D eigenvalue weighted by Gasteiger charge is -2.08. The van der Waals surface area contributed by atoms with Crippen LogP contribution in [-0.2, 0) is 6.54 Å². The van der Waals surface area contributed by atoms with E-state index in [0.717, 1.165) is 26.6 Å². The minimum absolute atomic E-state index is 0.539. The molecule has 0 aliphatic rings. The van der Waals surface area contributed by atoms with E-state index in [9.17, 15) is 8.78 Å². The van der Waals surface area contributed by atoms with Crippen molar-refractivity contribution >= 4 is 37.5 Å². The SMILES string of the molecule is Fc1ccc(NCc2ccc(Br)c(Br)c2)cc1F. The number of hydrogen-bond acceptors (Lipinski definition) is 1. The van der Waals surface area contributed by atoms with Gasteiger partial charge in [-0.1, -0.05) is 6.07 Å². The van der Waals surface area contributed by atoms with E-state index in [0.29, 0.717) is 12.2 Å². The van der Waals surface area contributed by atoms with Crippen LogP contribution >= 0.6 is 31.9 Å². The molecule has 0 saturated carbocycles. The van der Waals surface area contributed by atoms with E-state index in [1.54, 1.807) is 0 Å². The summed E-state index contributed by atoms with van der Waals surface area (Å²) in [5.41, 5.74) is 1.59. The van der Waals surface area contributed by atoms with Crippen LogP contribution in [0.3, 0.4) is 0 Å². The van der Waals surface area contributed by atoms with Crippen molar-refractivity contribution in [2.24, 2.45) is 0 Å². The molecule has 0 spiro atoms. The molecule has 0 bridgehead atoms. The predicted molar refractivity (Wildman–Crippen MR) is 75.5 cm³/mol. The van der Waals surface area contributed by atoms with Gasteiger partial charge in [-0.05, 0) is 61.7 Å². The molecule has 2 aromatic rings. The third-order valence-corrected chi connectivity index (χ3v) is 4.28. The van der Waals surface area contributed by atoms with Crippen LogP contribution in [0.4, 0.5) is 14.5 Å². The second kappa shape index (κ2) is 5.80. The van der Waals surface area contributed by atoms with Crippen LogP contribution in [0.15, 0.2) is 45.3 Å². The number of benzene rings is 2. The average Bonchev–Trinajstić information content (AvgIpc) is 2.35. The van der Waals surface area contributed by atoms with Crippen LogP contribution in [0.2, 0.25) is 0 Å². The molecular weight excluding hydrogens is 368 g/mol. The smallest absolute Gasteiger partial charge is 0.160 e. The zero-order chi connectivity index (χ0) is 13.1. The summed E-state index contributed by atoms with van der Waals surface area (Å²) in [6, 6.07) is 9.58. The Kier molecular flexibility index (Phi) is 4.35. The van der Waals surface area contributed by atoms with E-state index in [2.05, 4.69) is 37.2 Å². The summed E-state index contributed by atoms with van der Waals surface area (Å²) in [5, 5.41) is 3.03. The van der Waals surface area contributed by atoms with E-state index >= 15 is 0 Å². The Morgan fingerprint density at radius 2 is 1.67 bits per heavy atom. The number of hydrogen-bond donors (Lipinski definition) is 1. The minimum Gasteiger partial charge on any atom is -0.381 e. The fourth-order valence-electron chi connectivity index (χ4n) is 1.46. The van der Waals surface area contributed by atoms with Gasteiger partial charge >= 0.3 is 0 Å². The zero-order valence-electron chi connectivity index (χ0n) is 9.18. The van der Waals surface area contributed by atoms with Crippen molar-refractivity contribution in [2.45, 2.75) is 6.54 Å². The molecule has 0 aliphatic carbocycles. The van der Waals surface area contributed by atoms with Crippen molar-refractivity contribution in [3.63, 3.8) is 0 Å². The summed E-state index contributed by atoms with van der Waals surface area (Å²) in [4.78, 5) is 0. The monoisotopic (exact) mass is 375 g/mol. The third kappa shape index (κ3) is 3.29. The van der Waals surface area contributed by atoms with Crippen LogP contribution in [0.1, 0.15) is 5.56 Å². The molecule has 1 N–H and O–H groups in total. The Morgan fingerprint density at radius 3 is 2.33 bits per heavy atom. The van der Waals surface area contributed by atoms with Crippen molar-refractivity contribution < 1.29 is 8.78 Å². The quantitative estimate of drug-likeness (QED) is 0.785. The molecule has 0 fully saturated rings. The number of rotatable bonds is 3. The molecule has 2 aromatic carbocycles. The van der Waals surface area contributed by atoms with E-state index in [-0.39, 0.29) is 0 Å². The lowest BCUT2D eigenvalue weighted by molar-refractivity contribution is 0.509. The zero-order valence-corrected chi connectivity index (χ0v) is 12.4. The van der Waals surface area contributed by atoms with Gasteiger partial charge in [-0.3, -0.25) is 0 Å². The molecule has 0 saturated heterocycles. The van der Waals surface area contributed by atoms with Gasteiger partial charge in [0.05, 0.1) is 0 Å². The van der Waals surface area contributed by atoms with Gasteiger partial charge in [-0.2, -0.15) is 0 Å². The first-order valence-corrected chi connectivity index (χ1v) is 6.78. The molecule has 0 radical (unpaired) electrons. The van der Waals surface area contributed by atoms with E-state index < -0.39 is 11.6 Å². The van der Waals surface area contributed by atoms with Gasteiger partial charge in [0.1, 0.15) is 0 Å². The summed E-state index contributed by atoms with van der Waals surface area (Å²) >= 11 is 6.79. The molecule has 5 heteroatoms. The van der Waals surface area contributed by atoms with E-state index in [1.807, 2.05) is 18.2 Å². The summed E-state index contributed by atoms with van der Waals surface area (Å²) in [6.07, 6.45) is 0. The molecule has 0 aliphatic heterocycles. The maximum Gasteiger partial charge on any atom is 0.160 e. The first-order valence-electron chi connectivity index (χ1n) is 5.19. The fraction of sp³-hybridized carbons (Fsp3) is 0.0769. The maximum atomic E-state index is 13.0. The van der Waals surface area contributed by atoms with Crippen molar-refractivity contribution in [1.82, 2.24) is 0 Å². The van der Waals surface area contributed by atoms with Crippen molar-refractivity contribution in [2.75, 3.05) is 5.32 Å². The standard InChI is InChI=1S/C13H9Br2F2N/c14-10-3-1-8(5-11(10)15)7-18-9-2-4-12(16)13(17)6-9/h1-6,18H,7H2. The highest BCUT2D eigenvalue weighted by atomic mass is 79.9. The van der Waals surface area contributed by atoms with E-state index in [1.165, 1.54) is 6.07 Å². The van der Waals surface area contributed by atoms with Crippen LogP contribution in [0, 0.1) is 11.6 Å². The van der Waals surface area contributed by atoms with Gasteiger partial charge < -0.3 is 5.32 Å². The largest absolute Gasteiger partial charge is 0.381 e. The van der Waals surface area contributed by atoms with Crippen molar-refractivity contribution in [3.05, 3.63) is 62.5 Å². The Balaban J connectivity index is 2.06. The van der Waals surface area contributed by atoms with Crippen LogP contribution < -0.4 is 5.32 Å². The molecule has 1 nitrogen and oxygen atoms in total. The first-order chi connectivity index (χ1) is 8.56. The average molecular weight is 377 g/mol. The highest BCUT2D eigenvalue weighted by Crippen LogP contribution is 2.24. The Bertz CT molecular complexity index is 521. The van der Waals surface area contributed by atoms with Crippen molar-refractivity contribution in [3.8, 4) is 0 Å². The number of anilines is 1. The molecule has 0 amide bonds. The predicted octanol–water partition coefficient (Wildman–Crippen LogP) is 5.10. The molecular formula is C13H9Br2F2N. The number of nitrogens with one attached hydrogen (secondary N) is 1. The molecule has 0 unspecified atom stereocenters. The molecule has 0 atom stereocenters. The molecule has 0 heterocycles. The lowest BCUT2D eigenvalue weighted by atomic mass is 10.2. The van der Waals surface area contributed by atoms with E-state index in [4.69, 9.17) is 0 Å². The van der Waals surface area contributed by atoms with Crippen LogP contribution in [-0.4, -0.2) is 0 Å². The van der Waals surface area contributed by atoms with Crippen molar-refractivity contribution in [1.29, 1.82) is 0 Å². The Morgan fingerprint density at radius 1 is 0.889 bits per heavy atom. The first kappa shape index (κ1) is 13.5. The summed E-state index contributed by atoms with van der Waals surface area (Å²) in [5.74, 6) is -1.69. The Hall–Kier alpha value is -0.940. The lowest BCUT2D eigenvalue weighted by Crippen LogP contribution is -2.00. The molecule has 0 aromatic heterocycles. The molecule has 18 heavy (non-hydrogen) atoms.